The van der Waals surface area contributed by atoms with Gasteiger partial charge in [0.2, 0.25) is 5.95 Å². The second-order valence-electron chi connectivity index (χ2n) is 5.28. The monoisotopic (exact) mass is 352 g/mol. The lowest BCUT2D eigenvalue weighted by Gasteiger charge is -2.11. The minimum Gasteiger partial charge on any atom is -0.492 e. The first-order valence-electron chi connectivity index (χ1n) is 8.04. The van der Waals surface area contributed by atoms with Crippen molar-refractivity contribution in [2.75, 3.05) is 17.2 Å². The van der Waals surface area contributed by atoms with Gasteiger partial charge in [-0.15, -0.1) is 0 Å². The molecule has 0 aliphatic carbocycles. The summed E-state index contributed by atoms with van der Waals surface area (Å²) in [7, 11) is 0. The summed E-state index contributed by atoms with van der Waals surface area (Å²) < 4.78 is 19.1. The van der Waals surface area contributed by atoms with Crippen LogP contribution >= 0.6 is 0 Å². The second-order valence-corrected chi connectivity index (χ2v) is 5.28. The minimum absolute atomic E-state index is 0.196. The van der Waals surface area contributed by atoms with Gasteiger partial charge in [-0.25, -0.2) is 14.4 Å². The molecule has 0 fully saturated rings. The highest BCUT2D eigenvalue weighted by Crippen LogP contribution is 2.24. The van der Waals surface area contributed by atoms with Gasteiger partial charge in [-0.1, -0.05) is 24.3 Å². The zero-order valence-corrected chi connectivity index (χ0v) is 14.1. The van der Waals surface area contributed by atoms with Crippen molar-refractivity contribution in [1.82, 2.24) is 9.97 Å². The summed E-state index contributed by atoms with van der Waals surface area (Å²) in [4.78, 5) is 20.5. The number of benzene rings is 2. The standard InChI is InChI=1S/C19H17FN4O2/c1-2-26-17-10-6-5-9-16(17)23-18(25)13-11-21-19(22-12-13)24-15-8-4-3-7-14(15)20/h3-12H,2H2,1H3,(H,23,25)(H,21,22,24). The maximum Gasteiger partial charge on any atom is 0.258 e. The van der Waals surface area contributed by atoms with Crippen LogP contribution in [0.3, 0.4) is 0 Å². The van der Waals surface area contributed by atoms with Gasteiger partial charge in [0.15, 0.2) is 0 Å². The molecule has 132 valence electrons. The Balaban J connectivity index is 1.70. The topological polar surface area (TPSA) is 76.1 Å². The van der Waals surface area contributed by atoms with Crippen LogP contribution in [-0.2, 0) is 0 Å². The number of amides is 1. The zero-order valence-electron chi connectivity index (χ0n) is 14.1. The van der Waals surface area contributed by atoms with E-state index < -0.39 is 5.82 Å². The lowest BCUT2D eigenvalue weighted by atomic mass is 10.2. The van der Waals surface area contributed by atoms with Crippen molar-refractivity contribution in [1.29, 1.82) is 0 Å². The number of carbonyl (C=O) groups is 1. The number of para-hydroxylation sites is 3. The molecule has 2 aromatic carbocycles. The lowest BCUT2D eigenvalue weighted by molar-refractivity contribution is 0.102. The fraction of sp³-hybridized carbons (Fsp3) is 0.105. The average Bonchev–Trinajstić information content (AvgIpc) is 2.66. The number of nitrogens with zero attached hydrogens (tertiary/aromatic N) is 2. The molecule has 0 saturated heterocycles. The van der Waals surface area contributed by atoms with Gasteiger partial charge in [0.05, 0.1) is 23.5 Å². The maximum atomic E-state index is 13.6. The van der Waals surface area contributed by atoms with Gasteiger partial charge in [-0.2, -0.15) is 0 Å². The molecule has 0 radical (unpaired) electrons. The van der Waals surface area contributed by atoms with Crippen LogP contribution in [0.4, 0.5) is 21.7 Å². The van der Waals surface area contributed by atoms with Gasteiger partial charge >= 0.3 is 0 Å². The van der Waals surface area contributed by atoms with Crippen molar-refractivity contribution >= 4 is 23.2 Å². The van der Waals surface area contributed by atoms with E-state index in [1.165, 1.54) is 18.5 Å². The van der Waals surface area contributed by atoms with E-state index in [-0.39, 0.29) is 23.1 Å². The van der Waals surface area contributed by atoms with E-state index in [0.29, 0.717) is 18.0 Å². The number of halogens is 1. The van der Waals surface area contributed by atoms with Gasteiger partial charge in [-0.3, -0.25) is 4.79 Å². The highest BCUT2D eigenvalue weighted by atomic mass is 19.1. The van der Waals surface area contributed by atoms with Crippen LogP contribution in [0.2, 0.25) is 0 Å². The third-order valence-corrected chi connectivity index (χ3v) is 3.47. The maximum absolute atomic E-state index is 13.6. The molecular formula is C19H17FN4O2. The van der Waals surface area contributed by atoms with Crippen molar-refractivity contribution in [3.63, 3.8) is 0 Å². The van der Waals surface area contributed by atoms with Crippen molar-refractivity contribution in [3.05, 3.63) is 72.3 Å². The lowest BCUT2D eigenvalue weighted by Crippen LogP contribution is -2.14. The largest absolute Gasteiger partial charge is 0.492 e. The summed E-state index contributed by atoms with van der Waals surface area (Å²) in [5.41, 5.74) is 1.10. The molecule has 0 aliphatic heterocycles. The van der Waals surface area contributed by atoms with E-state index in [4.69, 9.17) is 4.74 Å². The van der Waals surface area contributed by atoms with Crippen molar-refractivity contribution in [2.45, 2.75) is 6.92 Å². The van der Waals surface area contributed by atoms with Crippen molar-refractivity contribution in [3.8, 4) is 5.75 Å². The van der Waals surface area contributed by atoms with Gasteiger partial charge < -0.3 is 15.4 Å². The third kappa shape index (κ3) is 4.13. The molecule has 1 aromatic heterocycles. The zero-order chi connectivity index (χ0) is 18.4. The number of ether oxygens (including phenoxy) is 1. The Labute approximate surface area is 150 Å². The molecule has 1 amide bonds. The Morgan fingerprint density at radius 2 is 1.69 bits per heavy atom. The summed E-state index contributed by atoms with van der Waals surface area (Å²) in [5, 5.41) is 5.53. The first-order chi connectivity index (χ1) is 12.7. The molecule has 0 aliphatic rings. The molecule has 6 nitrogen and oxygen atoms in total. The van der Waals surface area contributed by atoms with Gasteiger partial charge in [0.25, 0.3) is 5.91 Å². The molecule has 7 heteroatoms. The molecule has 0 unspecified atom stereocenters. The van der Waals surface area contributed by atoms with E-state index in [1.807, 2.05) is 13.0 Å². The normalized spacial score (nSPS) is 10.2. The van der Waals surface area contributed by atoms with Crippen LogP contribution in [-0.4, -0.2) is 22.5 Å². The van der Waals surface area contributed by atoms with Crippen LogP contribution < -0.4 is 15.4 Å². The van der Waals surface area contributed by atoms with E-state index >= 15 is 0 Å². The number of aromatic nitrogens is 2. The van der Waals surface area contributed by atoms with Crippen LogP contribution in [0.5, 0.6) is 5.75 Å². The second kappa shape index (κ2) is 8.06. The molecular weight excluding hydrogens is 335 g/mol. The number of anilines is 3. The highest BCUT2D eigenvalue weighted by molar-refractivity contribution is 6.04. The Bertz CT molecular complexity index is 900. The van der Waals surface area contributed by atoms with Crippen molar-refractivity contribution in [2.24, 2.45) is 0 Å². The molecule has 3 aromatic rings. The first kappa shape index (κ1) is 17.3. The molecule has 0 bridgehead atoms. The third-order valence-electron chi connectivity index (χ3n) is 3.47. The predicted octanol–water partition coefficient (Wildman–Crippen LogP) is 4.01. The molecule has 0 atom stereocenters. The van der Waals surface area contributed by atoms with Gasteiger partial charge in [0.1, 0.15) is 11.6 Å². The Morgan fingerprint density at radius 1 is 1.04 bits per heavy atom. The number of hydrogen-bond donors (Lipinski definition) is 2. The highest BCUT2D eigenvalue weighted by Gasteiger charge is 2.11. The number of hydrogen-bond acceptors (Lipinski definition) is 5. The molecule has 2 N–H and O–H groups in total. The van der Waals surface area contributed by atoms with Gasteiger partial charge in [0, 0.05) is 12.4 Å². The minimum atomic E-state index is -0.412. The molecule has 0 spiro atoms. The quantitative estimate of drug-likeness (QED) is 0.701. The van der Waals surface area contributed by atoms with E-state index in [9.17, 15) is 9.18 Å². The Kier molecular flexibility index (Phi) is 5.38. The number of nitrogens with one attached hydrogen (secondary N) is 2. The predicted molar refractivity (Wildman–Crippen MR) is 97.3 cm³/mol. The summed E-state index contributed by atoms with van der Waals surface area (Å²) in [6.07, 6.45) is 2.74. The Morgan fingerprint density at radius 3 is 2.38 bits per heavy atom. The summed E-state index contributed by atoms with van der Waals surface area (Å²) in [6.45, 7) is 2.36. The summed E-state index contributed by atoms with van der Waals surface area (Å²) in [5.74, 6) is 0.00326. The first-order valence-corrected chi connectivity index (χ1v) is 8.04. The smallest absolute Gasteiger partial charge is 0.258 e. The number of carbonyl (C=O) groups excluding carboxylic acids is 1. The van der Waals surface area contributed by atoms with Gasteiger partial charge in [-0.05, 0) is 31.2 Å². The fourth-order valence-electron chi connectivity index (χ4n) is 2.24. The van der Waals surface area contributed by atoms with Crippen LogP contribution in [0.15, 0.2) is 60.9 Å². The molecule has 26 heavy (non-hydrogen) atoms. The summed E-state index contributed by atoms with van der Waals surface area (Å²) >= 11 is 0. The average molecular weight is 352 g/mol. The summed E-state index contributed by atoms with van der Waals surface area (Å²) in [6, 6.07) is 13.3. The van der Waals surface area contributed by atoms with Crippen LogP contribution in [0.1, 0.15) is 17.3 Å². The van der Waals surface area contributed by atoms with Crippen molar-refractivity contribution < 1.29 is 13.9 Å². The molecule has 1 heterocycles. The molecule has 3 rings (SSSR count). The van der Waals surface area contributed by atoms with Crippen LogP contribution in [0, 0.1) is 5.82 Å². The van der Waals surface area contributed by atoms with Crippen LogP contribution in [0.25, 0.3) is 0 Å². The SMILES string of the molecule is CCOc1ccccc1NC(=O)c1cnc(Nc2ccccc2F)nc1. The van der Waals surface area contributed by atoms with E-state index in [0.717, 1.165) is 0 Å². The Hall–Kier alpha value is -3.48. The van der Waals surface area contributed by atoms with E-state index in [2.05, 4.69) is 20.6 Å². The molecule has 0 saturated carbocycles. The van der Waals surface area contributed by atoms with E-state index in [1.54, 1.807) is 36.4 Å². The number of rotatable bonds is 6. The fourth-order valence-corrected chi connectivity index (χ4v) is 2.24.